The minimum atomic E-state index is -0.672. The molecule has 0 fully saturated rings. The molecule has 0 N–H and O–H groups in total. The van der Waals surface area contributed by atoms with Crippen LogP contribution < -0.4 is 4.74 Å². The second kappa shape index (κ2) is 6.66. The van der Waals surface area contributed by atoms with E-state index in [2.05, 4.69) is 0 Å². The standard InChI is InChI=1S/C10H11ClFNO3S/c1-16-9-6-10(17-4-2-3-11)7(12)5-8(9)13(14)15/h5-6H,2-4H2,1H3. The van der Waals surface area contributed by atoms with E-state index >= 15 is 0 Å². The fraction of sp³-hybridized carbons (Fsp3) is 0.400. The van der Waals surface area contributed by atoms with E-state index < -0.39 is 10.7 Å². The lowest BCUT2D eigenvalue weighted by Gasteiger charge is -2.06. The summed E-state index contributed by atoms with van der Waals surface area (Å²) in [5.41, 5.74) is -0.369. The Balaban J connectivity index is 2.96. The zero-order valence-corrected chi connectivity index (χ0v) is 10.7. The second-order valence-electron chi connectivity index (χ2n) is 3.10. The highest BCUT2D eigenvalue weighted by molar-refractivity contribution is 7.99. The summed E-state index contributed by atoms with van der Waals surface area (Å²) in [6.45, 7) is 0. The van der Waals surface area contributed by atoms with Crippen LogP contribution in [0, 0.1) is 15.9 Å². The van der Waals surface area contributed by atoms with Crippen molar-refractivity contribution in [3.63, 3.8) is 0 Å². The zero-order chi connectivity index (χ0) is 12.8. The molecule has 0 heterocycles. The highest BCUT2D eigenvalue weighted by Crippen LogP contribution is 2.34. The van der Waals surface area contributed by atoms with Gasteiger partial charge in [-0.15, -0.1) is 23.4 Å². The van der Waals surface area contributed by atoms with Crippen molar-refractivity contribution in [1.82, 2.24) is 0 Å². The topological polar surface area (TPSA) is 52.4 Å². The third-order valence-electron chi connectivity index (χ3n) is 1.97. The van der Waals surface area contributed by atoms with Crippen LogP contribution >= 0.6 is 23.4 Å². The lowest BCUT2D eigenvalue weighted by Crippen LogP contribution is -1.96. The third-order valence-corrected chi connectivity index (χ3v) is 3.35. The predicted molar refractivity (Wildman–Crippen MR) is 65.7 cm³/mol. The number of methoxy groups -OCH3 is 1. The maximum Gasteiger partial charge on any atom is 0.313 e. The molecule has 0 unspecified atom stereocenters. The molecule has 0 saturated heterocycles. The molecule has 1 rings (SSSR count). The van der Waals surface area contributed by atoms with Crippen molar-refractivity contribution in [2.75, 3.05) is 18.7 Å². The van der Waals surface area contributed by atoms with Gasteiger partial charge >= 0.3 is 5.69 Å². The summed E-state index contributed by atoms with van der Waals surface area (Å²) in [4.78, 5) is 10.3. The number of hydrogen-bond acceptors (Lipinski definition) is 4. The molecule has 0 spiro atoms. The molecule has 4 nitrogen and oxygen atoms in total. The van der Waals surface area contributed by atoms with E-state index in [-0.39, 0.29) is 11.4 Å². The number of nitro benzene ring substituents is 1. The Labute approximate surface area is 107 Å². The highest BCUT2D eigenvalue weighted by atomic mass is 35.5. The molecule has 1 aromatic carbocycles. The van der Waals surface area contributed by atoms with Crippen LogP contribution in [0.4, 0.5) is 10.1 Å². The van der Waals surface area contributed by atoms with Gasteiger partial charge in [-0.2, -0.15) is 0 Å². The van der Waals surface area contributed by atoms with Crippen molar-refractivity contribution < 1.29 is 14.1 Å². The first-order valence-electron chi connectivity index (χ1n) is 4.80. The summed E-state index contributed by atoms with van der Waals surface area (Å²) >= 11 is 6.77. The van der Waals surface area contributed by atoms with Gasteiger partial charge in [0.05, 0.1) is 18.1 Å². The van der Waals surface area contributed by atoms with Gasteiger partial charge in [-0.3, -0.25) is 10.1 Å². The summed E-state index contributed by atoms with van der Waals surface area (Å²) in [5.74, 6) is 0.599. The molecular weight excluding hydrogens is 269 g/mol. The highest BCUT2D eigenvalue weighted by Gasteiger charge is 2.19. The van der Waals surface area contributed by atoms with Crippen molar-refractivity contribution in [2.45, 2.75) is 11.3 Å². The number of benzene rings is 1. The molecule has 0 saturated carbocycles. The van der Waals surface area contributed by atoms with E-state index in [4.69, 9.17) is 16.3 Å². The Bertz CT molecular complexity index is 417. The van der Waals surface area contributed by atoms with Gasteiger partial charge < -0.3 is 4.74 Å². The third kappa shape index (κ3) is 3.74. The van der Waals surface area contributed by atoms with Crippen LogP contribution in [0.1, 0.15) is 6.42 Å². The van der Waals surface area contributed by atoms with E-state index in [9.17, 15) is 14.5 Å². The molecule has 0 aliphatic carbocycles. The van der Waals surface area contributed by atoms with Crippen LogP contribution in [0.5, 0.6) is 5.75 Å². The first kappa shape index (κ1) is 14.1. The molecule has 0 aliphatic rings. The van der Waals surface area contributed by atoms with E-state index in [1.165, 1.54) is 24.9 Å². The number of halogens is 2. The fourth-order valence-electron chi connectivity index (χ4n) is 1.18. The van der Waals surface area contributed by atoms with Gasteiger partial charge in [0.2, 0.25) is 0 Å². The molecule has 7 heteroatoms. The van der Waals surface area contributed by atoms with Gasteiger partial charge in [0.15, 0.2) is 5.75 Å². The summed E-state index contributed by atoms with van der Waals surface area (Å²) < 4.78 is 18.4. The minimum Gasteiger partial charge on any atom is -0.490 e. The van der Waals surface area contributed by atoms with E-state index in [0.29, 0.717) is 16.5 Å². The number of hydrogen-bond donors (Lipinski definition) is 0. The summed E-state index contributed by atoms with van der Waals surface area (Å²) in [5, 5.41) is 10.6. The van der Waals surface area contributed by atoms with E-state index in [0.717, 1.165) is 12.5 Å². The number of nitro groups is 1. The van der Waals surface area contributed by atoms with Gasteiger partial charge in [0, 0.05) is 16.8 Å². The van der Waals surface area contributed by atoms with Crippen molar-refractivity contribution in [3.05, 3.63) is 28.1 Å². The second-order valence-corrected chi connectivity index (χ2v) is 4.62. The number of ether oxygens (including phenoxy) is 1. The molecule has 94 valence electrons. The van der Waals surface area contributed by atoms with Crippen LogP contribution in [0.2, 0.25) is 0 Å². The van der Waals surface area contributed by atoms with Crippen LogP contribution in [-0.2, 0) is 0 Å². The molecule has 1 aromatic rings. The largest absolute Gasteiger partial charge is 0.490 e. The number of nitrogens with zero attached hydrogens (tertiary/aromatic N) is 1. The van der Waals surface area contributed by atoms with Gasteiger partial charge in [0.25, 0.3) is 0 Å². The molecule has 0 radical (unpaired) electrons. The Morgan fingerprint density at radius 1 is 1.59 bits per heavy atom. The lowest BCUT2D eigenvalue weighted by atomic mass is 10.3. The Hall–Kier alpha value is -1.01. The van der Waals surface area contributed by atoms with E-state index in [1.807, 2.05) is 0 Å². The molecule has 0 aromatic heterocycles. The summed E-state index contributed by atoms with van der Waals surface area (Å²) in [7, 11) is 1.31. The van der Waals surface area contributed by atoms with Gasteiger partial charge in [0.1, 0.15) is 5.82 Å². The Morgan fingerprint density at radius 3 is 2.82 bits per heavy atom. The molecule has 0 amide bonds. The first-order chi connectivity index (χ1) is 8.10. The van der Waals surface area contributed by atoms with Crippen molar-refractivity contribution >= 4 is 29.1 Å². The average Bonchev–Trinajstić information content (AvgIpc) is 2.30. The van der Waals surface area contributed by atoms with Crippen molar-refractivity contribution in [1.29, 1.82) is 0 Å². The number of alkyl halides is 1. The van der Waals surface area contributed by atoms with Crippen LogP contribution in [0.15, 0.2) is 17.0 Å². The monoisotopic (exact) mass is 279 g/mol. The fourth-order valence-corrected chi connectivity index (χ4v) is 2.37. The summed E-state index contributed by atoms with van der Waals surface area (Å²) in [6.07, 6.45) is 0.741. The predicted octanol–water partition coefficient (Wildman–Crippen LogP) is 3.46. The van der Waals surface area contributed by atoms with Crippen molar-refractivity contribution in [3.8, 4) is 5.75 Å². The Kier molecular flexibility index (Phi) is 5.50. The SMILES string of the molecule is COc1cc(SCCCCl)c(F)cc1[N+](=O)[O-]. The zero-order valence-electron chi connectivity index (χ0n) is 9.11. The maximum absolute atomic E-state index is 13.5. The number of thioether (sulfide) groups is 1. The molecule has 0 atom stereocenters. The maximum atomic E-state index is 13.5. The normalized spacial score (nSPS) is 10.3. The summed E-state index contributed by atoms with van der Waals surface area (Å²) in [6, 6.07) is 2.22. The van der Waals surface area contributed by atoms with Crippen LogP contribution in [0.25, 0.3) is 0 Å². The Morgan fingerprint density at radius 2 is 2.29 bits per heavy atom. The first-order valence-corrected chi connectivity index (χ1v) is 6.32. The molecule has 0 bridgehead atoms. The average molecular weight is 280 g/mol. The molecule has 0 aliphatic heterocycles. The molecular formula is C10H11ClFNO3S. The lowest BCUT2D eigenvalue weighted by molar-refractivity contribution is -0.386. The minimum absolute atomic E-state index is 0.0600. The van der Waals surface area contributed by atoms with Gasteiger partial charge in [-0.05, 0) is 12.2 Å². The number of rotatable bonds is 6. The quantitative estimate of drug-likeness (QED) is 0.263. The smallest absolute Gasteiger partial charge is 0.313 e. The van der Waals surface area contributed by atoms with Gasteiger partial charge in [-0.1, -0.05) is 0 Å². The van der Waals surface area contributed by atoms with Crippen LogP contribution in [0.3, 0.4) is 0 Å². The molecule has 17 heavy (non-hydrogen) atoms. The van der Waals surface area contributed by atoms with Crippen molar-refractivity contribution in [2.24, 2.45) is 0 Å². The van der Waals surface area contributed by atoms with Gasteiger partial charge in [-0.25, -0.2) is 4.39 Å². The van der Waals surface area contributed by atoms with Crippen LogP contribution in [-0.4, -0.2) is 23.7 Å². The van der Waals surface area contributed by atoms with E-state index in [1.54, 1.807) is 0 Å².